The number of hydrogen-bond donors (Lipinski definition) is 3. The molecule has 1 aromatic heterocycles. The van der Waals surface area contributed by atoms with Crippen molar-refractivity contribution >= 4 is 17.5 Å². The number of nitrogens with zero attached hydrogens (tertiary/aromatic N) is 3. The van der Waals surface area contributed by atoms with Crippen LogP contribution in [0.5, 0.6) is 0 Å². The molecule has 3 aromatic rings. The topological polar surface area (TPSA) is 90.4 Å². The summed E-state index contributed by atoms with van der Waals surface area (Å²) in [6.07, 6.45) is 4.75. The van der Waals surface area contributed by atoms with Gasteiger partial charge < -0.3 is 10.2 Å². The summed E-state index contributed by atoms with van der Waals surface area (Å²) < 4.78 is 0. The van der Waals surface area contributed by atoms with Crippen LogP contribution >= 0.6 is 0 Å². The Hall–Kier alpha value is -3.45. The summed E-state index contributed by atoms with van der Waals surface area (Å²) in [7, 11) is 0. The van der Waals surface area contributed by atoms with Crippen LogP contribution in [0.3, 0.4) is 0 Å². The van der Waals surface area contributed by atoms with E-state index in [1.165, 1.54) is 23.6 Å². The highest BCUT2D eigenvalue weighted by molar-refractivity contribution is 5.92. The maximum absolute atomic E-state index is 11.5. The fourth-order valence-corrected chi connectivity index (χ4v) is 4.02. The van der Waals surface area contributed by atoms with Gasteiger partial charge in [0, 0.05) is 43.1 Å². The lowest BCUT2D eigenvalue weighted by Gasteiger charge is -2.26. The number of nitrogens with one attached hydrogen (secondary N) is 2. The molecule has 2 heterocycles. The van der Waals surface area contributed by atoms with Gasteiger partial charge in [-0.3, -0.25) is 10.0 Å². The lowest BCUT2D eigenvalue weighted by atomic mass is 9.88. The van der Waals surface area contributed by atoms with Gasteiger partial charge in [0.25, 0.3) is 5.91 Å². The second-order valence-corrected chi connectivity index (χ2v) is 7.40. The van der Waals surface area contributed by atoms with E-state index in [0.717, 1.165) is 25.9 Å². The minimum Gasteiger partial charge on any atom is -0.371 e. The lowest BCUT2D eigenvalue weighted by molar-refractivity contribution is 0.0705. The molecule has 7 nitrogen and oxygen atoms in total. The molecule has 1 fully saturated rings. The Morgan fingerprint density at radius 3 is 2.23 bits per heavy atom. The van der Waals surface area contributed by atoms with Crippen molar-refractivity contribution in [2.24, 2.45) is 0 Å². The average molecular weight is 403 g/mol. The number of anilines is 2. The first kappa shape index (κ1) is 19.8. The second-order valence-electron chi connectivity index (χ2n) is 7.40. The molecule has 2 aromatic carbocycles. The van der Waals surface area contributed by atoms with Gasteiger partial charge in [0.2, 0.25) is 5.95 Å². The van der Waals surface area contributed by atoms with Crippen LogP contribution in [0.1, 0.15) is 34.7 Å². The number of hydroxylamine groups is 1. The van der Waals surface area contributed by atoms with Crippen molar-refractivity contribution in [3.8, 4) is 0 Å². The normalized spacial score (nSPS) is 19.0. The number of carbonyl (C=O) groups is 1. The van der Waals surface area contributed by atoms with Gasteiger partial charge in [-0.2, -0.15) is 0 Å². The van der Waals surface area contributed by atoms with Gasteiger partial charge in [0.05, 0.1) is 5.56 Å². The van der Waals surface area contributed by atoms with Crippen LogP contribution in [0.25, 0.3) is 0 Å². The molecule has 154 valence electrons. The Morgan fingerprint density at radius 1 is 0.933 bits per heavy atom. The van der Waals surface area contributed by atoms with Crippen LogP contribution < -0.4 is 15.7 Å². The molecule has 30 heavy (non-hydrogen) atoms. The molecule has 0 bridgehead atoms. The standard InChI is InChI=1S/C23H25N5O2/c29-22(27-30)18-15-24-23(25-16-18)26-21-12-14-28(19-9-5-2-6-10-19)13-11-20(21)17-7-3-1-4-8-17/h1-10,15-16,20-21,30H,11-14H2,(H,27,29)(H,24,25,26). The SMILES string of the molecule is O=C(NO)c1cnc(NC2CCN(c3ccccc3)CCC2c2ccccc2)nc1. The summed E-state index contributed by atoms with van der Waals surface area (Å²) in [6, 6.07) is 21.2. The molecule has 1 amide bonds. The number of amides is 1. The fourth-order valence-electron chi connectivity index (χ4n) is 4.02. The maximum Gasteiger partial charge on any atom is 0.277 e. The van der Waals surface area contributed by atoms with E-state index in [1.807, 2.05) is 12.1 Å². The van der Waals surface area contributed by atoms with Crippen molar-refractivity contribution in [3.05, 3.63) is 84.2 Å². The van der Waals surface area contributed by atoms with E-state index >= 15 is 0 Å². The molecule has 0 aliphatic carbocycles. The number of para-hydroxylation sites is 1. The van der Waals surface area contributed by atoms with Gasteiger partial charge in [0.1, 0.15) is 0 Å². The number of carbonyl (C=O) groups excluding carboxylic acids is 1. The average Bonchev–Trinajstić information content (AvgIpc) is 3.03. The Labute approximate surface area is 175 Å². The van der Waals surface area contributed by atoms with Gasteiger partial charge in [-0.05, 0) is 30.5 Å². The molecule has 4 rings (SSSR count). The minimum atomic E-state index is -0.628. The third-order valence-corrected chi connectivity index (χ3v) is 5.58. The van der Waals surface area contributed by atoms with Gasteiger partial charge in [0.15, 0.2) is 0 Å². The maximum atomic E-state index is 11.5. The predicted octanol–water partition coefficient (Wildman–Crippen LogP) is 3.46. The first-order chi connectivity index (χ1) is 14.7. The second kappa shape index (κ2) is 9.37. The Bertz CT molecular complexity index is 950. The van der Waals surface area contributed by atoms with Crippen molar-refractivity contribution in [2.45, 2.75) is 24.8 Å². The fraction of sp³-hybridized carbons (Fsp3) is 0.261. The molecule has 0 saturated carbocycles. The minimum absolute atomic E-state index is 0.152. The van der Waals surface area contributed by atoms with E-state index in [4.69, 9.17) is 5.21 Å². The molecule has 1 aliphatic rings. The molecule has 0 spiro atoms. The van der Waals surface area contributed by atoms with E-state index < -0.39 is 5.91 Å². The zero-order valence-electron chi connectivity index (χ0n) is 16.6. The predicted molar refractivity (Wildman–Crippen MR) is 116 cm³/mol. The lowest BCUT2D eigenvalue weighted by Crippen LogP contribution is -2.29. The van der Waals surface area contributed by atoms with Gasteiger partial charge in [-0.15, -0.1) is 0 Å². The number of hydrogen-bond acceptors (Lipinski definition) is 6. The Balaban J connectivity index is 1.55. The number of benzene rings is 2. The van der Waals surface area contributed by atoms with Crippen molar-refractivity contribution in [3.63, 3.8) is 0 Å². The molecular weight excluding hydrogens is 378 g/mol. The van der Waals surface area contributed by atoms with Crippen molar-refractivity contribution < 1.29 is 10.0 Å². The highest BCUT2D eigenvalue weighted by atomic mass is 16.5. The zero-order valence-corrected chi connectivity index (χ0v) is 16.6. The molecule has 2 unspecified atom stereocenters. The smallest absolute Gasteiger partial charge is 0.277 e. The Morgan fingerprint density at radius 2 is 1.57 bits per heavy atom. The van der Waals surface area contributed by atoms with Gasteiger partial charge in [-0.1, -0.05) is 48.5 Å². The third kappa shape index (κ3) is 4.58. The van der Waals surface area contributed by atoms with Crippen LogP contribution in [0, 0.1) is 0 Å². The van der Waals surface area contributed by atoms with Crippen LogP contribution in [-0.4, -0.2) is 40.2 Å². The van der Waals surface area contributed by atoms with Gasteiger partial charge in [-0.25, -0.2) is 15.4 Å². The Kier molecular flexibility index (Phi) is 6.20. The zero-order chi connectivity index (χ0) is 20.8. The largest absolute Gasteiger partial charge is 0.371 e. The summed E-state index contributed by atoms with van der Waals surface area (Å²) in [6.45, 7) is 1.90. The summed E-state index contributed by atoms with van der Waals surface area (Å²) in [5.74, 6) is 0.157. The summed E-state index contributed by atoms with van der Waals surface area (Å²) in [4.78, 5) is 22.5. The molecule has 2 atom stereocenters. The molecule has 1 saturated heterocycles. The van der Waals surface area contributed by atoms with Gasteiger partial charge >= 0.3 is 0 Å². The quantitative estimate of drug-likeness (QED) is 0.446. The van der Waals surface area contributed by atoms with Crippen molar-refractivity contribution in [2.75, 3.05) is 23.3 Å². The highest BCUT2D eigenvalue weighted by Gasteiger charge is 2.28. The molecular formula is C23H25N5O2. The van der Waals surface area contributed by atoms with E-state index in [9.17, 15) is 4.79 Å². The number of rotatable bonds is 5. The van der Waals surface area contributed by atoms with E-state index in [2.05, 4.69) is 68.7 Å². The van der Waals surface area contributed by atoms with Crippen LogP contribution in [0.15, 0.2) is 73.1 Å². The van der Waals surface area contributed by atoms with Crippen molar-refractivity contribution in [1.82, 2.24) is 15.4 Å². The van der Waals surface area contributed by atoms with Crippen LogP contribution in [0.2, 0.25) is 0 Å². The van der Waals surface area contributed by atoms with E-state index in [0.29, 0.717) is 11.9 Å². The summed E-state index contributed by atoms with van der Waals surface area (Å²) in [5.41, 5.74) is 4.33. The van der Waals surface area contributed by atoms with Crippen LogP contribution in [-0.2, 0) is 0 Å². The summed E-state index contributed by atoms with van der Waals surface area (Å²) in [5, 5.41) is 12.2. The monoisotopic (exact) mass is 403 g/mol. The third-order valence-electron chi connectivity index (χ3n) is 5.58. The highest BCUT2D eigenvalue weighted by Crippen LogP contribution is 2.31. The van der Waals surface area contributed by atoms with E-state index in [-0.39, 0.29) is 11.6 Å². The molecule has 3 N–H and O–H groups in total. The number of aromatic nitrogens is 2. The summed E-state index contributed by atoms with van der Waals surface area (Å²) >= 11 is 0. The first-order valence-corrected chi connectivity index (χ1v) is 10.1. The van der Waals surface area contributed by atoms with Crippen molar-refractivity contribution in [1.29, 1.82) is 0 Å². The molecule has 1 aliphatic heterocycles. The first-order valence-electron chi connectivity index (χ1n) is 10.1. The molecule has 0 radical (unpaired) electrons. The van der Waals surface area contributed by atoms with Crippen LogP contribution in [0.4, 0.5) is 11.6 Å². The molecule has 7 heteroatoms. The van der Waals surface area contributed by atoms with E-state index in [1.54, 1.807) is 5.48 Å².